The lowest BCUT2D eigenvalue weighted by molar-refractivity contribution is -0.472. The third kappa shape index (κ3) is 4.73. The van der Waals surface area contributed by atoms with Crippen LogP contribution in [0.4, 0.5) is 92.2 Å². The number of alkyl halides is 21. The zero-order valence-corrected chi connectivity index (χ0v) is 18.4. The summed E-state index contributed by atoms with van der Waals surface area (Å²) in [6, 6.07) is 0. The molecule has 0 saturated heterocycles. The van der Waals surface area contributed by atoms with Crippen LogP contribution in [0.1, 0.15) is 12.8 Å². The number of Topliss-reactive ketones (excluding diaryl/α,β-unsaturated/α-hetero) is 2. The molecule has 1 rings (SSSR count). The van der Waals surface area contributed by atoms with Crippen molar-refractivity contribution < 1.29 is 102 Å². The topological polar surface area (TPSA) is 34.1 Å². The Hall–Kier alpha value is -2.65. The van der Waals surface area contributed by atoms with E-state index in [0.717, 1.165) is 18.2 Å². The molecule has 1 aliphatic rings. The van der Waals surface area contributed by atoms with E-state index >= 15 is 0 Å². The van der Waals surface area contributed by atoms with E-state index in [9.17, 15) is 102 Å². The van der Waals surface area contributed by atoms with E-state index in [0.29, 0.717) is 0 Å². The lowest BCUT2D eigenvalue weighted by Crippen LogP contribution is -2.77. The fraction of sp³-hybridized carbons (Fsp3) is 0.667. The van der Waals surface area contributed by atoms with Crippen LogP contribution in [-0.4, -0.2) is 71.0 Å². The predicted octanol–water partition coefficient (Wildman–Crippen LogP) is 7.68. The Bertz CT molecular complexity index is 1110. The van der Waals surface area contributed by atoms with Crippen LogP contribution in [0.15, 0.2) is 23.8 Å². The van der Waals surface area contributed by atoms with Crippen molar-refractivity contribution in [3.8, 4) is 0 Å². The molecule has 0 bridgehead atoms. The molecule has 0 amide bonds. The molecule has 238 valence electrons. The van der Waals surface area contributed by atoms with Crippen molar-refractivity contribution in [3.05, 3.63) is 23.8 Å². The molecule has 0 aromatic heterocycles. The number of carbonyl (C=O) groups excluding carboxylic acids is 2. The minimum atomic E-state index is -9.29. The first-order chi connectivity index (χ1) is 17.7. The molecule has 2 nitrogen and oxygen atoms in total. The molecule has 0 aromatic rings. The standard InChI is InChI=1S/C18H7F21O2/c19-9(20,8(41)5-7(40)6-3-1-2-4-6)10(21,22)11(23,24)12(25,26)13(27,28)14(29,30)15(31,32)16(33,34)17(35,36)18(37,38)39/h1-3H,4-5H2. The highest BCUT2D eigenvalue weighted by molar-refractivity contribution is 6.10. The van der Waals surface area contributed by atoms with Gasteiger partial charge in [-0.05, 0) is 12.0 Å². The molecule has 0 N–H and O–H groups in total. The summed E-state index contributed by atoms with van der Waals surface area (Å²) >= 11 is 0. The first kappa shape index (κ1) is 36.4. The predicted molar refractivity (Wildman–Crippen MR) is 87.0 cm³/mol. The zero-order valence-electron chi connectivity index (χ0n) is 18.4. The van der Waals surface area contributed by atoms with Gasteiger partial charge in [-0.1, -0.05) is 18.2 Å². The quantitative estimate of drug-likeness (QED) is 0.160. The first-order valence-electron chi connectivity index (χ1n) is 9.55. The van der Waals surface area contributed by atoms with Crippen LogP contribution in [-0.2, 0) is 9.59 Å². The number of hydrogen-bond donors (Lipinski definition) is 0. The number of carbonyl (C=O) groups is 2. The minimum Gasteiger partial charge on any atom is -0.294 e. The monoisotopic (exact) mass is 654 g/mol. The Balaban J connectivity index is 3.66. The number of allylic oxidation sites excluding steroid dienone is 4. The summed E-state index contributed by atoms with van der Waals surface area (Å²) in [6.07, 6.45) is -8.40. The Morgan fingerprint density at radius 1 is 0.512 bits per heavy atom. The summed E-state index contributed by atoms with van der Waals surface area (Å²) in [5, 5.41) is 0. The molecule has 0 radical (unpaired) electrons. The van der Waals surface area contributed by atoms with Crippen LogP contribution in [0, 0.1) is 0 Å². The van der Waals surface area contributed by atoms with Crippen LogP contribution >= 0.6 is 0 Å². The average molecular weight is 654 g/mol. The van der Waals surface area contributed by atoms with Crippen LogP contribution in [0.2, 0.25) is 0 Å². The Morgan fingerprint density at radius 3 is 1.12 bits per heavy atom. The van der Waals surface area contributed by atoms with Gasteiger partial charge in [0.25, 0.3) is 0 Å². The SMILES string of the molecule is O=C(CC(=O)C(F)(F)C(F)(F)C(F)(F)C(F)(F)C(F)(F)C(F)(F)C(F)(F)C(F)(F)C(F)(F)C(F)(F)F)C1=CC=CC1. The molecule has 1 aliphatic carbocycles. The molecule has 0 heterocycles. The first-order valence-corrected chi connectivity index (χ1v) is 9.55. The molecular formula is C18H7F21O2. The lowest BCUT2D eigenvalue weighted by atomic mass is 9.85. The fourth-order valence-electron chi connectivity index (χ4n) is 2.76. The van der Waals surface area contributed by atoms with Crippen LogP contribution in [0.3, 0.4) is 0 Å². The van der Waals surface area contributed by atoms with Crippen molar-refractivity contribution in [3.63, 3.8) is 0 Å². The van der Waals surface area contributed by atoms with Crippen molar-refractivity contribution in [2.24, 2.45) is 0 Å². The third-order valence-corrected chi connectivity index (χ3v) is 5.31. The van der Waals surface area contributed by atoms with E-state index in [-0.39, 0.29) is 0 Å². The summed E-state index contributed by atoms with van der Waals surface area (Å²) in [4.78, 5) is 22.9. The maximum absolute atomic E-state index is 13.8. The summed E-state index contributed by atoms with van der Waals surface area (Å²) in [6.45, 7) is 0. The Morgan fingerprint density at radius 2 is 0.829 bits per heavy atom. The second-order valence-electron chi connectivity index (χ2n) is 8.01. The number of ketones is 2. The fourth-order valence-corrected chi connectivity index (χ4v) is 2.76. The van der Waals surface area contributed by atoms with Gasteiger partial charge in [-0.2, -0.15) is 92.2 Å². The van der Waals surface area contributed by atoms with Gasteiger partial charge in [0.2, 0.25) is 5.78 Å². The van der Waals surface area contributed by atoms with E-state index in [1.807, 2.05) is 0 Å². The van der Waals surface area contributed by atoms with Gasteiger partial charge in [-0.15, -0.1) is 0 Å². The van der Waals surface area contributed by atoms with Gasteiger partial charge in [0.05, 0.1) is 6.42 Å². The normalized spacial score (nSPS) is 17.1. The van der Waals surface area contributed by atoms with Gasteiger partial charge in [0.1, 0.15) is 0 Å². The van der Waals surface area contributed by atoms with Crippen molar-refractivity contribution in [2.45, 2.75) is 72.3 Å². The maximum atomic E-state index is 13.8. The highest BCUT2D eigenvalue weighted by atomic mass is 19.4. The molecule has 41 heavy (non-hydrogen) atoms. The average Bonchev–Trinajstić information content (AvgIpc) is 3.32. The second-order valence-corrected chi connectivity index (χ2v) is 8.01. The van der Waals surface area contributed by atoms with Gasteiger partial charge in [0, 0.05) is 0 Å². The van der Waals surface area contributed by atoms with E-state index in [2.05, 4.69) is 0 Å². The lowest BCUT2D eigenvalue weighted by Gasteiger charge is -2.44. The van der Waals surface area contributed by atoms with E-state index < -0.39 is 89.5 Å². The van der Waals surface area contributed by atoms with Crippen LogP contribution in [0.25, 0.3) is 0 Å². The highest BCUT2D eigenvalue weighted by Gasteiger charge is 2.98. The number of rotatable bonds is 12. The number of halogens is 21. The highest BCUT2D eigenvalue weighted by Crippen LogP contribution is 2.66. The van der Waals surface area contributed by atoms with Crippen molar-refractivity contribution in [1.82, 2.24) is 0 Å². The number of hydrogen-bond acceptors (Lipinski definition) is 2. The summed E-state index contributed by atoms with van der Waals surface area (Å²) < 4.78 is 279. The molecule has 23 heteroatoms. The van der Waals surface area contributed by atoms with Crippen molar-refractivity contribution >= 4 is 11.6 Å². The molecule has 0 aromatic carbocycles. The Labute approximate surface area is 210 Å². The molecule has 0 fully saturated rings. The van der Waals surface area contributed by atoms with Gasteiger partial charge in [0.15, 0.2) is 5.78 Å². The molecule has 0 aliphatic heterocycles. The van der Waals surface area contributed by atoms with E-state index in [1.165, 1.54) is 0 Å². The summed E-state index contributed by atoms with van der Waals surface area (Å²) in [5.41, 5.74) is -0.681. The molecule has 0 saturated carbocycles. The maximum Gasteiger partial charge on any atom is 0.460 e. The Kier molecular flexibility index (Phi) is 8.60. The zero-order chi connectivity index (χ0) is 33.3. The third-order valence-electron chi connectivity index (χ3n) is 5.31. The van der Waals surface area contributed by atoms with Gasteiger partial charge in [-0.25, -0.2) is 0 Å². The van der Waals surface area contributed by atoms with Crippen molar-refractivity contribution in [2.75, 3.05) is 0 Å². The molecule has 0 unspecified atom stereocenters. The minimum absolute atomic E-state index is 0.504. The summed E-state index contributed by atoms with van der Waals surface area (Å²) in [7, 11) is 0. The smallest absolute Gasteiger partial charge is 0.294 e. The molecule has 0 spiro atoms. The summed E-state index contributed by atoms with van der Waals surface area (Å²) in [5.74, 6) is -84.8. The molecule has 0 atom stereocenters. The van der Waals surface area contributed by atoms with E-state index in [4.69, 9.17) is 0 Å². The molecular weight excluding hydrogens is 647 g/mol. The van der Waals surface area contributed by atoms with Gasteiger partial charge in [-0.3, -0.25) is 9.59 Å². The van der Waals surface area contributed by atoms with Crippen LogP contribution < -0.4 is 0 Å². The second kappa shape index (κ2) is 9.69. The van der Waals surface area contributed by atoms with Gasteiger partial charge >= 0.3 is 59.5 Å². The van der Waals surface area contributed by atoms with Gasteiger partial charge < -0.3 is 0 Å². The van der Waals surface area contributed by atoms with Crippen molar-refractivity contribution in [1.29, 1.82) is 0 Å². The largest absolute Gasteiger partial charge is 0.460 e. The van der Waals surface area contributed by atoms with E-state index in [1.54, 1.807) is 0 Å². The van der Waals surface area contributed by atoms with Crippen LogP contribution in [0.5, 0.6) is 0 Å².